The van der Waals surface area contributed by atoms with Crippen molar-refractivity contribution in [2.24, 2.45) is 5.41 Å². The van der Waals surface area contributed by atoms with Gasteiger partial charge in [-0.1, -0.05) is 20.8 Å². The van der Waals surface area contributed by atoms with Crippen LogP contribution in [0.5, 0.6) is 0 Å². The van der Waals surface area contributed by atoms with Crippen molar-refractivity contribution in [2.45, 2.75) is 46.0 Å². The number of nitrogens with one attached hydrogen (secondary N) is 1. The molecule has 1 aliphatic rings. The van der Waals surface area contributed by atoms with Crippen LogP contribution in [-0.4, -0.2) is 9.97 Å². The first-order chi connectivity index (χ1) is 8.44. The van der Waals surface area contributed by atoms with Crippen LogP contribution in [0.3, 0.4) is 0 Å². The van der Waals surface area contributed by atoms with Crippen molar-refractivity contribution in [3.8, 4) is 0 Å². The molecule has 1 fully saturated rings. The Hall–Kier alpha value is -1.16. The van der Waals surface area contributed by atoms with E-state index >= 15 is 0 Å². The third-order valence-electron chi connectivity index (χ3n) is 3.24. The summed E-state index contributed by atoms with van der Waals surface area (Å²) in [5.74, 6) is 1.42. The highest BCUT2D eigenvalue weighted by molar-refractivity contribution is 7.16. The minimum Gasteiger partial charge on any atom is -0.310 e. The van der Waals surface area contributed by atoms with Crippen molar-refractivity contribution in [1.29, 1.82) is 0 Å². The standard InChI is InChI=1S/C14H18N2OS/c1-14(2,3)6-10-15-12(17)11-9(8-4-5-8)7-18-13(11)16-10/h7-8H,4-6H2,1-3H3,(H,15,16,17). The van der Waals surface area contributed by atoms with Gasteiger partial charge in [-0.05, 0) is 35.1 Å². The lowest BCUT2D eigenvalue weighted by Crippen LogP contribution is -2.17. The molecule has 0 spiro atoms. The molecule has 2 aromatic rings. The predicted molar refractivity (Wildman–Crippen MR) is 75.4 cm³/mol. The molecule has 1 saturated carbocycles. The summed E-state index contributed by atoms with van der Waals surface area (Å²) in [4.78, 5) is 20.7. The van der Waals surface area contributed by atoms with E-state index < -0.39 is 0 Å². The molecular weight excluding hydrogens is 244 g/mol. The number of fused-ring (bicyclic) bond motifs is 1. The number of rotatable bonds is 2. The van der Waals surface area contributed by atoms with Crippen molar-refractivity contribution >= 4 is 21.6 Å². The van der Waals surface area contributed by atoms with Crippen LogP contribution in [-0.2, 0) is 6.42 Å². The van der Waals surface area contributed by atoms with Gasteiger partial charge in [-0.2, -0.15) is 0 Å². The van der Waals surface area contributed by atoms with Crippen LogP contribution in [0.25, 0.3) is 10.2 Å². The van der Waals surface area contributed by atoms with Gasteiger partial charge in [0.15, 0.2) is 0 Å². The fraction of sp³-hybridized carbons (Fsp3) is 0.571. The van der Waals surface area contributed by atoms with Crippen molar-refractivity contribution in [2.75, 3.05) is 0 Å². The molecule has 1 aliphatic carbocycles. The van der Waals surface area contributed by atoms with E-state index in [-0.39, 0.29) is 11.0 Å². The predicted octanol–water partition coefficient (Wildman–Crippen LogP) is 3.45. The Labute approximate surface area is 110 Å². The van der Waals surface area contributed by atoms with E-state index in [9.17, 15) is 4.79 Å². The van der Waals surface area contributed by atoms with Crippen molar-refractivity contribution < 1.29 is 0 Å². The van der Waals surface area contributed by atoms with Crippen LogP contribution >= 0.6 is 11.3 Å². The van der Waals surface area contributed by atoms with Crippen LogP contribution < -0.4 is 5.56 Å². The van der Waals surface area contributed by atoms with Crippen LogP contribution in [0.4, 0.5) is 0 Å². The lowest BCUT2D eigenvalue weighted by Gasteiger charge is -2.16. The number of hydrogen-bond acceptors (Lipinski definition) is 3. The van der Waals surface area contributed by atoms with Gasteiger partial charge in [0.05, 0.1) is 5.39 Å². The van der Waals surface area contributed by atoms with E-state index in [4.69, 9.17) is 0 Å². The minimum absolute atomic E-state index is 0.0439. The zero-order valence-electron chi connectivity index (χ0n) is 11.0. The number of thiophene rings is 1. The van der Waals surface area contributed by atoms with Crippen molar-refractivity contribution in [3.63, 3.8) is 0 Å². The summed E-state index contributed by atoms with van der Waals surface area (Å²) < 4.78 is 0. The molecule has 4 heteroatoms. The van der Waals surface area contributed by atoms with Gasteiger partial charge in [0.1, 0.15) is 10.7 Å². The largest absolute Gasteiger partial charge is 0.310 e. The number of hydrogen-bond donors (Lipinski definition) is 1. The highest BCUT2D eigenvalue weighted by atomic mass is 32.1. The number of H-pyrrole nitrogens is 1. The Morgan fingerprint density at radius 3 is 2.78 bits per heavy atom. The van der Waals surface area contributed by atoms with E-state index in [0.717, 1.165) is 22.5 Å². The van der Waals surface area contributed by atoms with Crippen LogP contribution in [0.1, 0.15) is 50.9 Å². The number of nitrogens with zero attached hydrogens (tertiary/aromatic N) is 1. The minimum atomic E-state index is 0.0439. The average Bonchev–Trinajstić information content (AvgIpc) is 2.97. The van der Waals surface area contributed by atoms with Crippen LogP contribution in [0.15, 0.2) is 10.2 Å². The lowest BCUT2D eigenvalue weighted by atomic mass is 9.92. The van der Waals surface area contributed by atoms with Gasteiger partial charge in [-0.25, -0.2) is 4.98 Å². The summed E-state index contributed by atoms with van der Waals surface area (Å²) >= 11 is 1.61. The first kappa shape index (κ1) is 11.9. The van der Waals surface area contributed by atoms with E-state index in [1.54, 1.807) is 11.3 Å². The van der Waals surface area contributed by atoms with E-state index in [2.05, 4.69) is 36.1 Å². The molecular formula is C14H18N2OS. The molecule has 2 aromatic heterocycles. The quantitative estimate of drug-likeness (QED) is 0.901. The fourth-order valence-corrected chi connectivity index (χ4v) is 3.34. The fourth-order valence-electron chi connectivity index (χ4n) is 2.30. The van der Waals surface area contributed by atoms with Gasteiger partial charge < -0.3 is 4.98 Å². The summed E-state index contributed by atoms with van der Waals surface area (Å²) in [6.45, 7) is 6.46. The maximum atomic E-state index is 12.2. The second-order valence-corrected chi connectivity index (χ2v) is 7.25. The Bertz CT molecular complexity index is 644. The number of aromatic nitrogens is 2. The summed E-state index contributed by atoms with van der Waals surface area (Å²) in [5.41, 5.74) is 1.40. The van der Waals surface area contributed by atoms with E-state index in [1.165, 1.54) is 18.4 Å². The molecule has 96 valence electrons. The van der Waals surface area contributed by atoms with E-state index in [1.807, 2.05) is 0 Å². The second kappa shape index (κ2) is 3.92. The molecule has 1 N–H and O–H groups in total. The summed E-state index contributed by atoms with van der Waals surface area (Å²) in [6, 6.07) is 0. The SMILES string of the molecule is CC(C)(C)Cc1nc2scc(C3CC3)c2c(=O)[nH]1. The smallest absolute Gasteiger partial charge is 0.259 e. The van der Waals surface area contributed by atoms with Gasteiger partial charge in [-0.15, -0.1) is 11.3 Å². The maximum Gasteiger partial charge on any atom is 0.259 e. The highest BCUT2D eigenvalue weighted by Crippen LogP contribution is 2.43. The molecule has 18 heavy (non-hydrogen) atoms. The molecule has 3 rings (SSSR count). The topological polar surface area (TPSA) is 45.8 Å². The molecule has 0 atom stereocenters. The Morgan fingerprint density at radius 1 is 1.44 bits per heavy atom. The van der Waals surface area contributed by atoms with Crippen LogP contribution in [0, 0.1) is 5.41 Å². The Kier molecular flexibility index (Phi) is 2.59. The normalized spacial score (nSPS) is 16.4. The lowest BCUT2D eigenvalue weighted by molar-refractivity contribution is 0.401. The van der Waals surface area contributed by atoms with Gasteiger partial charge in [0.2, 0.25) is 0 Å². The molecule has 0 unspecified atom stereocenters. The average molecular weight is 262 g/mol. The molecule has 0 saturated heterocycles. The summed E-state index contributed by atoms with van der Waals surface area (Å²) in [7, 11) is 0. The van der Waals surface area contributed by atoms with Gasteiger partial charge in [0.25, 0.3) is 5.56 Å². The van der Waals surface area contributed by atoms with Crippen LogP contribution in [0.2, 0.25) is 0 Å². The molecule has 0 amide bonds. The molecule has 0 aromatic carbocycles. The van der Waals surface area contributed by atoms with Crippen molar-refractivity contribution in [1.82, 2.24) is 9.97 Å². The first-order valence-electron chi connectivity index (χ1n) is 6.44. The zero-order valence-corrected chi connectivity index (χ0v) is 11.9. The molecule has 0 bridgehead atoms. The van der Waals surface area contributed by atoms with Gasteiger partial charge >= 0.3 is 0 Å². The first-order valence-corrected chi connectivity index (χ1v) is 7.32. The third kappa shape index (κ3) is 2.21. The highest BCUT2D eigenvalue weighted by Gasteiger charge is 2.28. The molecule has 0 aliphatic heterocycles. The summed E-state index contributed by atoms with van der Waals surface area (Å²) in [6.07, 6.45) is 3.23. The number of aromatic amines is 1. The Morgan fingerprint density at radius 2 is 2.17 bits per heavy atom. The zero-order chi connectivity index (χ0) is 12.9. The summed E-state index contributed by atoms with van der Waals surface area (Å²) in [5, 5.41) is 2.95. The van der Waals surface area contributed by atoms with Gasteiger partial charge in [-0.3, -0.25) is 4.79 Å². The van der Waals surface area contributed by atoms with Crippen molar-refractivity contribution in [3.05, 3.63) is 27.1 Å². The monoisotopic (exact) mass is 262 g/mol. The van der Waals surface area contributed by atoms with Gasteiger partial charge in [0, 0.05) is 6.42 Å². The maximum absolute atomic E-state index is 12.2. The molecule has 0 radical (unpaired) electrons. The third-order valence-corrected chi connectivity index (χ3v) is 4.13. The Balaban J connectivity index is 2.09. The molecule has 3 nitrogen and oxygen atoms in total. The second-order valence-electron chi connectivity index (χ2n) is 6.40. The van der Waals surface area contributed by atoms with E-state index in [0.29, 0.717) is 5.92 Å². The molecule has 2 heterocycles.